The maximum Gasteiger partial charge on any atom is 0.301 e. The van der Waals surface area contributed by atoms with Gasteiger partial charge < -0.3 is 5.11 Å². The molecular formula is C26H19FN2O3S. The lowest BCUT2D eigenvalue weighted by atomic mass is 9.95. The molecule has 4 aromatic rings. The Hall–Kier alpha value is -3.84. The molecule has 2 heterocycles. The zero-order valence-electron chi connectivity index (χ0n) is 17.9. The number of thiazole rings is 1. The molecule has 0 spiro atoms. The predicted molar refractivity (Wildman–Crippen MR) is 127 cm³/mol. The minimum absolute atomic E-state index is 0.0501. The molecule has 1 aromatic heterocycles. The number of aryl methyl sites for hydroxylation is 2. The van der Waals surface area contributed by atoms with E-state index < -0.39 is 23.5 Å². The van der Waals surface area contributed by atoms with Crippen LogP contribution in [0.15, 0.2) is 72.3 Å². The summed E-state index contributed by atoms with van der Waals surface area (Å²) in [5.41, 5.74) is 3.68. The smallest absolute Gasteiger partial charge is 0.301 e. The van der Waals surface area contributed by atoms with E-state index in [2.05, 4.69) is 4.98 Å². The van der Waals surface area contributed by atoms with E-state index in [1.54, 1.807) is 0 Å². The normalized spacial score (nSPS) is 17.8. The van der Waals surface area contributed by atoms with E-state index >= 15 is 0 Å². The lowest BCUT2D eigenvalue weighted by Crippen LogP contribution is -2.29. The summed E-state index contributed by atoms with van der Waals surface area (Å²) in [6, 6.07) is 17.5. The van der Waals surface area contributed by atoms with Gasteiger partial charge in [0.05, 0.1) is 21.8 Å². The first-order valence-electron chi connectivity index (χ1n) is 10.3. The van der Waals surface area contributed by atoms with Gasteiger partial charge >= 0.3 is 5.91 Å². The summed E-state index contributed by atoms with van der Waals surface area (Å²) in [7, 11) is 0. The summed E-state index contributed by atoms with van der Waals surface area (Å²) in [6.45, 7) is 3.91. The molecule has 0 saturated carbocycles. The lowest BCUT2D eigenvalue weighted by Gasteiger charge is -2.23. The average Bonchev–Trinajstić information content (AvgIpc) is 3.32. The minimum atomic E-state index is -0.864. The summed E-state index contributed by atoms with van der Waals surface area (Å²) in [5.74, 6) is -2.39. The Morgan fingerprint density at radius 2 is 1.64 bits per heavy atom. The van der Waals surface area contributed by atoms with Crippen molar-refractivity contribution in [1.82, 2.24) is 4.98 Å². The molecule has 164 valence electrons. The van der Waals surface area contributed by atoms with Crippen molar-refractivity contribution >= 4 is 44.1 Å². The molecule has 1 aliphatic rings. The maximum absolute atomic E-state index is 13.4. The Labute approximate surface area is 193 Å². The number of aromatic nitrogens is 1. The molecule has 1 unspecified atom stereocenters. The van der Waals surface area contributed by atoms with Gasteiger partial charge in [0, 0.05) is 5.56 Å². The molecule has 5 nitrogen and oxygen atoms in total. The van der Waals surface area contributed by atoms with Crippen LogP contribution in [-0.4, -0.2) is 21.8 Å². The molecule has 1 amide bonds. The van der Waals surface area contributed by atoms with E-state index in [0.29, 0.717) is 10.7 Å². The van der Waals surface area contributed by atoms with Crippen LogP contribution in [0.1, 0.15) is 28.3 Å². The number of amides is 1. The highest BCUT2D eigenvalue weighted by Crippen LogP contribution is 2.44. The number of anilines is 1. The monoisotopic (exact) mass is 458 g/mol. The van der Waals surface area contributed by atoms with E-state index in [4.69, 9.17) is 0 Å². The van der Waals surface area contributed by atoms with Crippen molar-refractivity contribution in [3.8, 4) is 0 Å². The molecule has 1 saturated heterocycles. The molecule has 7 heteroatoms. The number of aliphatic hydroxyl groups is 1. The quantitative estimate of drug-likeness (QED) is 0.244. The number of nitrogens with zero attached hydrogens (tertiary/aromatic N) is 2. The van der Waals surface area contributed by atoms with Crippen molar-refractivity contribution in [2.75, 3.05) is 4.90 Å². The van der Waals surface area contributed by atoms with Gasteiger partial charge in [-0.15, -0.1) is 0 Å². The SMILES string of the molecule is Cc1ccc(C2C(=C(O)c3ccc(F)cc3)C(=O)C(=O)N2c2nc3ccc(C)cc3s2)cc1. The molecule has 0 bridgehead atoms. The number of benzene rings is 3. The van der Waals surface area contributed by atoms with Gasteiger partial charge in [0.2, 0.25) is 0 Å². The average molecular weight is 459 g/mol. The molecule has 5 rings (SSSR count). The van der Waals surface area contributed by atoms with Crippen molar-refractivity contribution in [3.63, 3.8) is 0 Å². The van der Waals surface area contributed by atoms with Crippen LogP contribution in [0, 0.1) is 19.7 Å². The van der Waals surface area contributed by atoms with Crippen LogP contribution in [0.5, 0.6) is 0 Å². The van der Waals surface area contributed by atoms with Gasteiger partial charge in [0.1, 0.15) is 11.6 Å². The largest absolute Gasteiger partial charge is 0.507 e. The molecular weight excluding hydrogens is 439 g/mol. The van der Waals surface area contributed by atoms with Gasteiger partial charge in [0.15, 0.2) is 5.13 Å². The predicted octanol–water partition coefficient (Wildman–Crippen LogP) is 5.68. The first-order valence-corrected chi connectivity index (χ1v) is 11.2. The molecule has 33 heavy (non-hydrogen) atoms. The maximum atomic E-state index is 13.4. The van der Waals surface area contributed by atoms with Crippen molar-refractivity contribution in [1.29, 1.82) is 0 Å². The fourth-order valence-electron chi connectivity index (χ4n) is 3.98. The summed E-state index contributed by atoms with van der Waals surface area (Å²) in [5, 5.41) is 11.4. The number of fused-ring (bicyclic) bond motifs is 1. The van der Waals surface area contributed by atoms with E-state index in [1.165, 1.54) is 40.5 Å². The van der Waals surface area contributed by atoms with Crippen molar-refractivity contribution in [3.05, 3.63) is 100 Å². The topological polar surface area (TPSA) is 70.5 Å². The van der Waals surface area contributed by atoms with Crippen molar-refractivity contribution < 1.29 is 19.1 Å². The van der Waals surface area contributed by atoms with E-state index in [-0.39, 0.29) is 16.9 Å². The summed E-state index contributed by atoms with van der Waals surface area (Å²) >= 11 is 1.32. The zero-order chi connectivity index (χ0) is 23.3. The lowest BCUT2D eigenvalue weighted by molar-refractivity contribution is -0.132. The second-order valence-electron chi connectivity index (χ2n) is 8.05. The minimum Gasteiger partial charge on any atom is -0.507 e. The van der Waals surface area contributed by atoms with E-state index in [9.17, 15) is 19.1 Å². The number of Topliss-reactive ketones (excluding diaryl/α,β-unsaturated/α-hetero) is 1. The van der Waals surface area contributed by atoms with E-state index in [0.717, 1.165) is 21.3 Å². The summed E-state index contributed by atoms with van der Waals surface area (Å²) in [6.07, 6.45) is 0. The van der Waals surface area contributed by atoms with Crippen LogP contribution in [0.3, 0.4) is 0 Å². The zero-order valence-corrected chi connectivity index (χ0v) is 18.7. The van der Waals surface area contributed by atoms with Crippen LogP contribution >= 0.6 is 11.3 Å². The van der Waals surface area contributed by atoms with Gasteiger partial charge in [0.25, 0.3) is 5.78 Å². The Morgan fingerprint density at radius 1 is 0.970 bits per heavy atom. The highest BCUT2D eigenvalue weighted by molar-refractivity contribution is 7.22. The molecule has 0 radical (unpaired) electrons. The fourth-order valence-corrected chi connectivity index (χ4v) is 5.07. The van der Waals surface area contributed by atoms with Crippen LogP contribution < -0.4 is 4.90 Å². The van der Waals surface area contributed by atoms with Gasteiger partial charge in [-0.05, 0) is 61.4 Å². The molecule has 0 aliphatic carbocycles. The van der Waals surface area contributed by atoms with Crippen molar-refractivity contribution in [2.24, 2.45) is 0 Å². The Kier molecular flexibility index (Phi) is 5.06. The van der Waals surface area contributed by atoms with Crippen molar-refractivity contribution in [2.45, 2.75) is 19.9 Å². The second-order valence-corrected chi connectivity index (χ2v) is 9.06. The van der Waals surface area contributed by atoms with Crippen LogP contribution in [0.4, 0.5) is 9.52 Å². The van der Waals surface area contributed by atoms with Crippen LogP contribution in [0.2, 0.25) is 0 Å². The summed E-state index contributed by atoms with van der Waals surface area (Å²) in [4.78, 5) is 32.4. The third-order valence-corrected chi connectivity index (χ3v) is 6.71. The van der Waals surface area contributed by atoms with Gasteiger partial charge in [-0.2, -0.15) is 0 Å². The number of hydrogen-bond acceptors (Lipinski definition) is 5. The third-order valence-electron chi connectivity index (χ3n) is 5.69. The number of carbonyl (C=O) groups is 2. The summed E-state index contributed by atoms with van der Waals surface area (Å²) < 4.78 is 14.3. The Morgan fingerprint density at radius 3 is 2.33 bits per heavy atom. The number of carbonyl (C=O) groups excluding carboxylic acids is 2. The highest BCUT2D eigenvalue weighted by atomic mass is 32.1. The molecule has 1 N–H and O–H groups in total. The standard InChI is InChI=1S/C26H19FN2O3S/c1-14-3-6-16(7-4-14)22-21(23(30)17-8-10-18(27)11-9-17)24(31)25(32)29(22)26-28-19-12-5-15(2)13-20(19)33-26/h3-13,22,30H,1-2H3. The number of halogens is 1. The molecule has 1 aliphatic heterocycles. The highest BCUT2D eigenvalue weighted by Gasteiger charge is 2.48. The van der Waals surface area contributed by atoms with Gasteiger partial charge in [-0.1, -0.05) is 47.2 Å². The third kappa shape index (κ3) is 3.60. The Balaban J connectivity index is 1.73. The van der Waals surface area contributed by atoms with Crippen LogP contribution in [0.25, 0.3) is 16.0 Å². The number of hydrogen-bond donors (Lipinski definition) is 1. The first kappa shape index (κ1) is 21.0. The second kappa shape index (κ2) is 7.94. The molecule has 1 atom stereocenters. The number of rotatable bonds is 3. The molecule has 3 aromatic carbocycles. The fraction of sp³-hybridized carbons (Fsp3) is 0.115. The van der Waals surface area contributed by atoms with Crippen LogP contribution in [-0.2, 0) is 9.59 Å². The van der Waals surface area contributed by atoms with E-state index in [1.807, 2.05) is 56.3 Å². The first-order chi connectivity index (χ1) is 15.8. The van der Waals surface area contributed by atoms with Gasteiger partial charge in [-0.25, -0.2) is 9.37 Å². The number of aliphatic hydroxyl groups excluding tert-OH is 1. The Bertz CT molecular complexity index is 1440. The number of ketones is 1. The van der Waals surface area contributed by atoms with Gasteiger partial charge in [-0.3, -0.25) is 14.5 Å². The molecule has 1 fully saturated rings.